The Balaban J connectivity index is 2.49. The van der Waals surface area contributed by atoms with E-state index >= 15 is 0 Å². The molecular weight excluding hydrogens is 201 g/mol. The van der Waals surface area contributed by atoms with Crippen LogP contribution in [0.3, 0.4) is 0 Å². The zero-order valence-corrected chi connectivity index (χ0v) is 11.2. The monoisotopic (exact) mass is 229 g/mol. The molecule has 1 rings (SSSR count). The van der Waals surface area contributed by atoms with E-state index in [-0.39, 0.29) is 6.67 Å². The van der Waals surface area contributed by atoms with Crippen molar-refractivity contribution < 1.29 is 4.39 Å². The minimum absolute atomic E-state index is 0.190. The minimum Gasteiger partial charge on any atom is -0.300 e. The summed E-state index contributed by atoms with van der Waals surface area (Å²) in [5.41, 5.74) is 0. The highest BCUT2D eigenvalue weighted by Crippen LogP contribution is 2.26. The van der Waals surface area contributed by atoms with Crippen molar-refractivity contribution in [3.05, 3.63) is 0 Å². The second-order valence-corrected chi connectivity index (χ2v) is 5.80. The Kier molecular flexibility index (Phi) is 6.33. The van der Waals surface area contributed by atoms with Gasteiger partial charge < -0.3 is 4.90 Å². The molecule has 1 heterocycles. The van der Waals surface area contributed by atoms with E-state index in [1.54, 1.807) is 0 Å². The molecule has 0 aromatic rings. The summed E-state index contributed by atoms with van der Waals surface area (Å²) in [6.07, 6.45) is 5.24. The van der Waals surface area contributed by atoms with Gasteiger partial charge in [-0.1, -0.05) is 27.2 Å². The van der Waals surface area contributed by atoms with Crippen LogP contribution in [-0.4, -0.2) is 31.2 Å². The van der Waals surface area contributed by atoms with Gasteiger partial charge in [0.2, 0.25) is 0 Å². The molecule has 0 aliphatic carbocycles. The van der Waals surface area contributed by atoms with Crippen molar-refractivity contribution in [2.24, 2.45) is 17.8 Å². The first-order chi connectivity index (χ1) is 7.65. The molecule has 0 bridgehead atoms. The molecule has 0 N–H and O–H groups in total. The maximum absolute atomic E-state index is 12.5. The Hall–Kier alpha value is -0.110. The summed E-state index contributed by atoms with van der Waals surface area (Å²) in [7, 11) is 0. The second kappa shape index (κ2) is 7.26. The van der Waals surface area contributed by atoms with Crippen molar-refractivity contribution in [3.8, 4) is 0 Å². The van der Waals surface area contributed by atoms with Crippen LogP contribution in [0.1, 0.15) is 46.5 Å². The highest BCUT2D eigenvalue weighted by molar-refractivity contribution is 4.76. The van der Waals surface area contributed by atoms with E-state index in [0.717, 1.165) is 30.8 Å². The molecule has 0 radical (unpaired) electrons. The van der Waals surface area contributed by atoms with Crippen molar-refractivity contribution in [1.82, 2.24) is 4.90 Å². The predicted octanol–water partition coefficient (Wildman–Crippen LogP) is 3.74. The van der Waals surface area contributed by atoms with Gasteiger partial charge in [-0.25, -0.2) is 4.39 Å². The maximum Gasteiger partial charge on any atom is 0.102 e. The molecule has 1 aliphatic heterocycles. The van der Waals surface area contributed by atoms with E-state index in [0.29, 0.717) is 6.54 Å². The molecule has 0 saturated carbocycles. The largest absolute Gasteiger partial charge is 0.300 e. The van der Waals surface area contributed by atoms with E-state index in [4.69, 9.17) is 0 Å². The van der Waals surface area contributed by atoms with Gasteiger partial charge in [0.1, 0.15) is 6.67 Å². The van der Waals surface area contributed by atoms with Gasteiger partial charge in [0.05, 0.1) is 0 Å². The van der Waals surface area contributed by atoms with Gasteiger partial charge in [-0.2, -0.15) is 0 Å². The molecule has 16 heavy (non-hydrogen) atoms. The Morgan fingerprint density at radius 2 is 1.81 bits per heavy atom. The molecule has 1 saturated heterocycles. The smallest absolute Gasteiger partial charge is 0.102 e. The van der Waals surface area contributed by atoms with Crippen molar-refractivity contribution in [3.63, 3.8) is 0 Å². The second-order valence-electron chi connectivity index (χ2n) is 5.80. The van der Waals surface area contributed by atoms with E-state index in [2.05, 4.69) is 25.7 Å². The fraction of sp³-hybridized carbons (Fsp3) is 1.00. The summed E-state index contributed by atoms with van der Waals surface area (Å²) in [6, 6.07) is 0. The number of alkyl halides is 1. The van der Waals surface area contributed by atoms with Gasteiger partial charge in [-0.05, 0) is 37.0 Å². The van der Waals surface area contributed by atoms with Gasteiger partial charge >= 0.3 is 0 Å². The predicted molar refractivity (Wildman–Crippen MR) is 68.4 cm³/mol. The molecule has 0 spiro atoms. The van der Waals surface area contributed by atoms with Crippen LogP contribution >= 0.6 is 0 Å². The summed E-state index contributed by atoms with van der Waals surface area (Å²) in [5, 5.41) is 0. The number of likely N-dealkylation sites (tertiary alicyclic amines) is 1. The molecular formula is C14H28FN. The first-order valence-electron chi connectivity index (χ1n) is 6.94. The SMILES string of the molecule is CCC1CCC(CC(C)C)CN(CCF)C1. The van der Waals surface area contributed by atoms with Crippen LogP contribution in [-0.2, 0) is 0 Å². The average Bonchev–Trinajstić information content (AvgIpc) is 2.40. The summed E-state index contributed by atoms with van der Waals surface area (Å²) in [4.78, 5) is 2.36. The van der Waals surface area contributed by atoms with E-state index in [1.807, 2.05) is 0 Å². The van der Waals surface area contributed by atoms with Crippen LogP contribution in [0, 0.1) is 17.8 Å². The Morgan fingerprint density at radius 1 is 1.19 bits per heavy atom. The number of halogens is 1. The third-order valence-corrected chi connectivity index (χ3v) is 3.80. The fourth-order valence-corrected chi connectivity index (χ4v) is 2.95. The zero-order valence-electron chi connectivity index (χ0n) is 11.2. The Morgan fingerprint density at radius 3 is 2.38 bits per heavy atom. The molecule has 0 amide bonds. The minimum atomic E-state index is -0.190. The summed E-state index contributed by atoms with van der Waals surface area (Å²) >= 11 is 0. The lowest BCUT2D eigenvalue weighted by Gasteiger charge is -2.25. The van der Waals surface area contributed by atoms with E-state index in [1.165, 1.54) is 25.7 Å². The molecule has 2 heteroatoms. The van der Waals surface area contributed by atoms with Crippen molar-refractivity contribution >= 4 is 0 Å². The molecule has 0 aromatic carbocycles. The first-order valence-corrected chi connectivity index (χ1v) is 6.94. The lowest BCUT2D eigenvalue weighted by molar-refractivity contribution is 0.199. The lowest BCUT2D eigenvalue weighted by Crippen LogP contribution is -2.33. The zero-order chi connectivity index (χ0) is 12.0. The molecule has 96 valence electrons. The van der Waals surface area contributed by atoms with Crippen LogP contribution in [0.5, 0.6) is 0 Å². The number of hydrogen-bond donors (Lipinski definition) is 0. The van der Waals surface area contributed by atoms with E-state index < -0.39 is 0 Å². The van der Waals surface area contributed by atoms with Crippen LogP contribution < -0.4 is 0 Å². The summed E-state index contributed by atoms with van der Waals surface area (Å²) in [6.45, 7) is 9.55. The summed E-state index contributed by atoms with van der Waals surface area (Å²) in [5.74, 6) is 2.36. The number of rotatable bonds is 5. The van der Waals surface area contributed by atoms with Crippen LogP contribution in [0.4, 0.5) is 4.39 Å². The van der Waals surface area contributed by atoms with Crippen molar-refractivity contribution in [1.29, 1.82) is 0 Å². The highest BCUT2D eigenvalue weighted by Gasteiger charge is 2.23. The van der Waals surface area contributed by atoms with Gasteiger partial charge in [0.25, 0.3) is 0 Å². The van der Waals surface area contributed by atoms with Gasteiger partial charge in [-0.15, -0.1) is 0 Å². The van der Waals surface area contributed by atoms with Gasteiger partial charge in [-0.3, -0.25) is 0 Å². The summed E-state index contributed by atoms with van der Waals surface area (Å²) < 4.78 is 12.5. The number of nitrogens with zero attached hydrogens (tertiary/aromatic N) is 1. The fourth-order valence-electron chi connectivity index (χ4n) is 2.95. The van der Waals surface area contributed by atoms with Gasteiger partial charge in [0, 0.05) is 19.6 Å². The number of hydrogen-bond acceptors (Lipinski definition) is 1. The molecule has 1 nitrogen and oxygen atoms in total. The molecule has 1 aliphatic rings. The van der Waals surface area contributed by atoms with Crippen LogP contribution in [0.15, 0.2) is 0 Å². The normalized spacial score (nSPS) is 28.3. The third-order valence-electron chi connectivity index (χ3n) is 3.80. The van der Waals surface area contributed by atoms with Crippen LogP contribution in [0.25, 0.3) is 0 Å². The molecule has 2 atom stereocenters. The Labute approximate surface area is 100 Å². The quantitative estimate of drug-likeness (QED) is 0.694. The lowest BCUT2D eigenvalue weighted by atomic mass is 9.90. The van der Waals surface area contributed by atoms with Gasteiger partial charge in [0.15, 0.2) is 0 Å². The highest BCUT2D eigenvalue weighted by atomic mass is 19.1. The van der Waals surface area contributed by atoms with Crippen molar-refractivity contribution in [2.45, 2.75) is 46.5 Å². The van der Waals surface area contributed by atoms with E-state index in [9.17, 15) is 4.39 Å². The Bertz CT molecular complexity index is 182. The molecule has 2 unspecified atom stereocenters. The first kappa shape index (κ1) is 14.0. The maximum atomic E-state index is 12.5. The molecule has 0 aromatic heterocycles. The van der Waals surface area contributed by atoms with Crippen molar-refractivity contribution in [2.75, 3.05) is 26.3 Å². The average molecular weight is 229 g/mol. The standard InChI is InChI=1S/C14H28FN/c1-4-13-5-6-14(9-12(2)3)11-16(10-13)8-7-15/h12-14H,4-11H2,1-3H3. The third kappa shape index (κ3) is 4.82. The topological polar surface area (TPSA) is 3.24 Å². The molecule has 1 fully saturated rings. The van der Waals surface area contributed by atoms with Crippen LogP contribution in [0.2, 0.25) is 0 Å².